The van der Waals surface area contributed by atoms with Gasteiger partial charge in [-0.3, -0.25) is 19.5 Å². The van der Waals surface area contributed by atoms with E-state index in [0.29, 0.717) is 0 Å². The van der Waals surface area contributed by atoms with E-state index in [-0.39, 0.29) is 5.56 Å². The summed E-state index contributed by atoms with van der Waals surface area (Å²) in [4.78, 5) is 44.5. The number of hydrogen-bond acceptors (Lipinski definition) is 8. The number of alkyl halides is 2. The Balaban J connectivity index is 2.15. The summed E-state index contributed by atoms with van der Waals surface area (Å²) in [5.74, 6) is -8.74. The van der Waals surface area contributed by atoms with Crippen molar-refractivity contribution in [2.24, 2.45) is 0 Å². The number of hydrogen-bond donors (Lipinski definition) is 4. The van der Waals surface area contributed by atoms with E-state index in [2.05, 4.69) is 4.85 Å². The normalized spacial score (nSPS) is 30.1. The van der Waals surface area contributed by atoms with Gasteiger partial charge in [0.25, 0.3) is 4.52 Å². The molecule has 1 fully saturated rings. The molecule has 0 aromatic heterocycles. The van der Waals surface area contributed by atoms with Crippen LogP contribution in [0.5, 0.6) is 0 Å². The van der Waals surface area contributed by atoms with Gasteiger partial charge in [-0.25, -0.2) is 16.2 Å². The zero-order valence-corrected chi connectivity index (χ0v) is 20.8. The van der Waals surface area contributed by atoms with Gasteiger partial charge < -0.3 is 15.3 Å². The highest BCUT2D eigenvalue weighted by molar-refractivity contribution is 6.50. The quantitative estimate of drug-likeness (QED) is 0.206. The molecule has 0 saturated carbocycles. The molecule has 1 aliphatic heterocycles. The maximum atomic E-state index is 14.1. The lowest BCUT2D eigenvalue weighted by Crippen LogP contribution is -2.90. The summed E-state index contributed by atoms with van der Waals surface area (Å²) in [5.41, 5.74) is -13.3. The fourth-order valence-electron chi connectivity index (χ4n) is 4.47. The van der Waals surface area contributed by atoms with Crippen molar-refractivity contribution in [3.05, 3.63) is 119 Å². The Morgan fingerprint density at radius 2 is 0.921 bits per heavy atom. The van der Waals surface area contributed by atoms with Crippen molar-refractivity contribution < 1.29 is 39.5 Å². The molecule has 0 radical (unpaired) electrons. The van der Waals surface area contributed by atoms with Crippen LogP contribution in [0.15, 0.2) is 91.0 Å². The molecule has 1 unspecified atom stereocenters. The van der Waals surface area contributed by atoms with Crippen LogP contribution in [-0.2, 0) is 4.74 Å². The van der Waals surface area contributed by atoms with Gasteiger partial charge in [-0.2, -0.15) is 0 Å². The fraction of sp³-hybridized carbons (Fsp3) is 0.185. The summed E-state index contributed by atoms with van der Waals surface area (Å²) in [6.45, 7) is 7.54. The van der Waals surface area contributed by atoms with Gasteiger partial charge in [-0.1, -0.05) is 114 Å². The number of ketones is 3. The average Bonchev–Trinajstić information content (AvgIpc) is 2.94. The number of ether oxygens (including phenoxy) is 1. The third kappa shape index (κ3) is 3.55. The summed E-state index contributed by atoms with van der Waals surface area (Å²) in [5, 5.41) is 47.5. The fourth-order valence-corrected chi connectivity index (χ4v) is 5.13. The van der Waals surface area contributed by atoms with Crippen LogP contribution in [-0.4, -0.2) is 65.0 Å². The largest absolute Gasteiger partial charge is 0.498 e. The Hall–Kier alpha value is -3.46. The Morgan fingerprint density at radius 1 is 0.605 bits per heavy atom. The van der Waals surface area contributed by atoms with Gasteiger partial charge in [0.05, 0.1) is 0 Å². The lowest BCUT2D eigenvalue weighted by Gasteiger charge is -2.57. The highest BCUT2D eigenvalue weighted by Gasteiger charge is 2.92. The van der Waals surface area contributed by atoms with Crippen LogP contribution in [0, 0.1) is 6.57 Å². The SMILES string of the molecule is [C-]#[N+]C1(O)OC(Cl)(Cl)[C@](O)(C(=O)c2ccccc2)[C@](O)(C(=O)c2ccccc2)[C@]1(O)C(=O)c1ccccc1. The summed E-state index contributed by atoms with van der Waals surface area (Å²) in [6.07, 6.45) is 0. The van der Waals surface area contributed by atoms with Crippen molar-refractivity contribution in [3.8, 4) is 0 Å². The van der Waals surface area contributed by atoms with Crippen LogP contribution in [0.25, 0.3) is 4.85 Å². The highest BCUT2D eigenvalue weighted by Crippen LogP contribution is 2.59. The highest BCUT2D eigenvalue weighted by atomic mass is 35.5. The van der Waals surface area contributed by atoms with Gasteiger partial charge in [0.15, 0.2) is 0 Å². The zero-order chi connectivity index (χ0) is 28.0. The molecule has 11 heteroatoms. The molecule has 0 aliphatic carbocycles. The van der Waals surface area contributed by atoms with Gasteiger partial charge in [-0.15, -0.1) is 0 Å². The molecular weight excluding hydrogens is 537 g/mol. The molecule has 4 rings (SSSR count). The van der Waals surface area contributed by atoms with E-state index in [1.165, 1.54) is 66.7 Å². The Labute approximate surface area is 226 Å². The van der Waals surface area contributed by atoms with Gasteiger partial charge in [0, 0.05) is 16.7 Å². The molecule has 3 aromatic carbocycles. The number of rotatable bonds is 6. The molecule has 4 atom stereocenters. The second-order valence-electron chi connectivity index (χ2n) is 8.56. The summed E-state index contributed by atoms with van der Waals surface area (Å²) >= 11 is 12.4. The topological polar surface area (TPSA) is 146 Å². The van der Waals surface area contributed by atoms with Crippen molar-refractivity contribution in [3.63, 3.8) is 0 Å². The molecule has 0 spiro atoms. The van der Waals surface area contributed by atoms with Crippen molar-refractivity contribution in [1.82, 2.24) is 0 Å². The summed E-state index contributed by atoms with van der Waals surface area (Å²) in [7, 11) is 0. The smallest absolute Gasteiger partial charge is 0.375 e. The van der Waals surface area contributed by atoms with E-state index in [1.54, 1.807) is 0 Å². The first-order valence-electron chi connectivity index (χ1n) is 11.0. The monoisotopic (exact) mass is 555 g/mol. The first kappa shape index (κ1) is 27.6. The maximum absolute atomic E-state index is 14.1. The molecule has 0 amide bonds. The Morgan fingerprint density at radius 3 is 1.26 bits per heavy atom. The first-order chi connectivity index (χ1) is 17.8. The van der Waals surface area contributed by atoms with Crippen LogP contribution in [0.4, 0.5) is 0 Å². The number of nitrogens with zero attached hydrogens (tertiary/aromatic N) is 1. The second kappa shape index (κ2) is 9.38. The van der Waals surface area contributed by atoms with Gasteiger partial charge in [0.2, 0.25) is 28.6 Å². The molecule has 1 saturated heterocycles. The molecule has 9 nitrogen and oxygen atoms in total. The van der Waals surface area contributed by atoms with E-state index in [4.69, 9.17) is 34.5 Å². The van der Waals surface area contributed by atoms with E-state index in [0.717, 1.165) is 24.3 Å². The third-order valence-corrected chi connectivity index (χ3v) is 7.16. The van der Waals surface area contributed by atoms with Gasteiger partial charge >= 0.3 is 11.5 Å². The minimum absolute atomic E-state index is 0.369. The number of halogens is 2. The molecule has 4 N–H and O–H groups in total. The Bertz CT molecular complexity index is 1450. The van der Waals surface area contributed by atoms with Gasteiger partial charge in [-0.05, 0) is 0 Å². The number of benzene rings is 3. The standard InChI is InChI=1S/C27H19Cl2NO8/c1-30-27(37)25(36,22(33)19-15-9-4-10-16-19)23(34,20(31)17-11-5-2-6-12-17)24(35,26(28,29)38-27)21(32)18-13-7-3-8-14-18/h2-16,34-37H/t23-,24+,25-,27?/m1/s1. The minimum Gasteiger partial charge on any atom is -0.375 e. The average molecular weight is 556 g/mol. The van der Waals surface area contributed by atoms with Crippen molar-refractivity contribution in [1.29, 1.82) is 0 Å². The van der Waals surface area contributed by atoms with E-state index in [1.807, 2.05) is 0 Å². The van der Waals surface area contributed by atoms with Crippen LogP contribution >= 0.6 is 23.2 Å². The van der Waals surface area contributed by atoms with Crippen LogP contribution in [0.2, 0.25) is 0 Å². The predicted octanol–water partition coefficient (Wildman–Crippen LogP) is 2.56. The van der Waals surface area contributed by atoms with Crippen LogP contribution in [0.3, 0.4) is 0 Å². The molecule has 0 bridgehead atoms. The number of carbonyl (C=O) groups excluding carboxylic acids is 3. The van der Waals surface area contributed by atoms with Crippen LogP contribution < -0.4 is 0 Å². The zero-order valence-electron chi connectivity index (χ0n) is 19.3. The maximum Gasteiger partial charge on any atom is 0.498 e. The van der Waals surface area contributed by atoms with Crippen molar-refractivity contribution in [2.75, 3.05) is 0 Å². The number of aliphatic hydroxyl groups is 4. The van der Waals surface area contributed by atoms with Crippen molar-refractivity contribution in [2.45, 2.75) is 27.2 Å². The molecule has 3 aromatic rings. The predicted molar refractivity (Wildman–Crippen MR) is 134 cm³/mol. The van der Waals surface area contributed by atoms with Crippen LogP contribution in [0.1, 0.15) is 31.1 Å². The first-order valence-corrected chi connectivity index (χ1v) is 11.7. The van der Waals surface area contributed by atoms with E-state index < -0.39 is 55.7 Å². The lowest BCUT2D eigenvalue weighted by atomic mass is 9.59. The lowest BCUT2D eigenvalue weighted by molar-refractivity contribution is -0.375. The van der Waals surface area contributed by atoms with Gasteiger partial charge in [0.1, 0.15) is 0 Å². The molecular formula is C27H19Cl2NO8. The molecule has 38 heavy (non-hydrogen) atoms. The van der Waals surface area contributed by atoms with E-state index >= 15 is 0 Å². The van der Waals surface area contributed by atoms with Crippen molar-refractivity contribution >= 4 is 40.6 Å². The minimum atomic E-state index is -4.11. The summed E-state index contributed by atoms with van der Waals surface area (Å²) < 4.78 is 1.52. The molecule has 1 heterocycles. The summed E-state index contributed by atoms with van der Waals surface area (Å²) in [6, 6.07) is 19.6. The number of Topliss-reactive ketones (excluding diaryl/α,β-unsaturated/α-hetero) is 3. The molecule has 194 valence electrons. The number of carbonyl (C=O) groups is 3. The molecule has 1 aliphatic rings. The second-order valence-corrected chi connectivity index (χ2v) is 9.81. The Kier molecular flexibility index (Phi) is 6.80. The third-order valence-electron chi connectivity index (χ3n) is 6.46. The van der Waals surface area contributed by atoms with E-state index in [9.17, 15) is 34.8 Å².